The minimum absolute atomic E-state index is 0.318. The Hall–Kier alpha value is 0.0500. The van der Waals surface area contributed by atoms with Gasteiger partial charge in [-0.2, -0.15) is 11.8 Å². The first kappa shape index (κ1) is 14.1. The predicted molar refractivity (Wildman–Crippen MR) is 66.9 cm³/mol. The molecule has 1 nitrogen and oxygen atoms in total. The van der Waals surface area contributed by atoms with E-state index in [1.165, 1.54) is 25.0 Å². The first-order valence-electron chi connectivity index (χ1n) is 5.64. The summed E-state index contributed by atoms with van der Waals surface area (Å²) in [4.78, 5) is 0. The van der Waals surface area contributed by atoms with Crippen molar-refractivity contribution in [1.82, 2.24) is 0 Å². The predicted octanol–water partition coefficient (Wildman–Crippen LogP) is 3.48. The summed E-state index contributed by atoms with van der Waals surface area (Å²) in [5.74, 6) is 2.91. The Morgan fingerprint density at radius 1 is 1.21 bits per heavy atom. The zero-order valence-corrected chi connectivity index (χ0v) is 10.4. The molecule has 1 unspecified atom stereocenters. The summed E-state index contributed by atoms with van der Waals surface area (Å²) in [5, 5.41) is 8.60. The molecule has 0 aliphatic heterocycles. The topological polar surface area (TPSA) is 20.2 Å². The number of allylic oxidation sites excluding steroid dienone is 2. The molecule has 0 saturated carbocycles. The van der Waals surface area contributed by atoms with E-state index in [4.69, 9.17) is 5.11 Å². The molecule has 0 aromatic carbocycles. The van der Waals surface area contributed by atoms with Gasteiger partial charge in [-0.05, 0) is 37.4 Å². The maximum absolute atomic E-state index is 8.60. The molecule has 84 valence electrons. The van der Waals surface area contributed by atoms with Crippen molar-refractivity contribution >= 4 is 11.8 Å². The van der Waals surface area contributed by atoms with Crippen molar-refractivity contribution < 1.29 is 5.11 Å². The van der Waals surface area contributed by atoms with Gasteiger partial charge in [-0.15, -0.1) is 0 Å². The molecule has 0 amide bonds. The van der Waals surface area contributed by atoms with Crippen LogP contribution in [0.3, 0.4) is 0 Å². The molecule has 1 N–H and O–H groups in total. The molecule has 0 fully saturated rings. The monoisotopic (exact) mass is 216 g/mol. The Morgan fingerprint density at radius 3 is 2.64 bits per heavy atom. The van der Waals surface area contributed by atoms with Gasteiger partial charge in [-0.1, -0.05) is 26.0 Å². The smallest absolute Gasteiger partial charge is 0.0521 e. The van der Waals surface area contributed by atoms with E-state index >= 15 is 0 Å². The highest BCUT2D eigenvalue weighted by Crippen LogP contribution is 2.14. The summed E-state index contributed by atoms with van der Waals surface area (Å²) in [7, 11) is 0. The fraction of sp³-hybridized carbons (Fsp3) is 0.833. The Balaban J connectivity index is 3.19. The van der Waals surface area contributed by atoms with E-state index in [0.717, 1.165) is 18.1 Å². The van der Waals surface area contributed by atoms with Gasteiger partial charge in [0.15, 0.2) is 0 Å². The van der Waals surface area contributed by atoms with Crippen LogP contribution in [0.25, 0.3) is 0 Å². The summed E-state index contributed by atoms with van der Waals surface area (Å²) in [6.07, 6.45) is 9.49. The first-order valence-corrected chi connectivity index (χ1v) is 6.80. The SMILES string of the molecule is CCC=CCCC(C)CCSCCO. The zero-order valence-electron chi connectivity index (χ0n) is 9.54. The Kier molecular flexibility index (Phi) is 11.2. The molecule has 0 rings (SSSR count). The lowest BCUT2D eigenvalue weighted by molar-refractivity contribution is 0.322. The van der Waals surface area contributed by atoms with Crippen LogP contribution in [0.15, 0.2) is 12.2 Å². The Bertz CT molecular complexity index is 134. The Morgan fingerprint density at radius 2 is 2.00 bits per heavy atom. The average molecular weight is 216 g/mol. The summed E-state index contributed by atoms with van der Waals surface area (Å²) in [6, 6.07) is 0. The number of rotatable bonds is 9. The van der Waals surface area contributed by atoms with Crippen LogP contribution in [0.4, 0.5) is 0 Å². The van der Waals surface area contributed by atoms with Crippen molar-refractivity contribution in [3.63, 3.8) is 0 Å². The normalized spacial score (nSPS) is 13.6. The van der Waals surface area contributed by atoms with Crippen LogP contribution in [-0.4, -0.2) is 23.2 Å². The first-order chi connectivity index (χ1) is 6.81. The molecule has 0 spiro atoms. The van der Waals surface area contributed by atoms with Crippen molar-refractivity contribution in [3.05, 3.63) is 12.2 Å². The summed E-state index contributed by atoms with van der Waals surface area (Å²) in [5.41, 5.74) is 0. The van der Waals surface area contributed by atoms with Crippen LogP contribution in [0.2, 0.25) is 0 Å². The van der Waals surface area contributed by atoms with E-state index in [1.54, 1.807) is 0 Å². The molecule has 0 aromatic rings. The quantitative estimate of drug-likeness (QED) is 0.470. The molecule has 0 bridgehead atoms. The number of aliphatic hydroxyl groups excluding tert-OH is 1. The van der Waals surface area contributed by atoms with Crippen LogP contribution in [0.5, 0.6) is 0 Å². The fourth-order valence-electron chi connectivity index (χ4n) is 1.26. The molecule has 0 saturated heterocycles. The van der Waals surface area contributed by atoms with E-state index < -0.39 is 0 Å². The molecule has 0 aromatic heterocycles. The molecular formula is C12H24OS. The second kappa shape index (κ2) is 11.1. The number of hydrogen-bond acceptors (Lipinski definition) is 2. The lowest BCUT2D eigenvalue weighted by atomic mass is 10.0. The lowest BCUT2D eigenvalue weighted by Gasteiger charge is -2.08. The van der Waals surface area contributed by atoms with Gasteiger partial charge in [0.05, 0.1) is 6.61 Å². The van der Waals surface area contributed by atoms with Gasteiger partial charge in [0, 0.05) is 5.75 Å². The van der Waals surface area contributed by atoms with Crippen molar-refractivity contribution in [1.29, 1.82) is 0 Å². The van der Waals surface area contributed by atoms with Crippen LogP contribution in [-0.2, 0) is 0 Å². The van der Waals surface area contributed by atoms with Gasteiger partial charge in [0.2, 0.25) is 0 Å². The minimum atomic E-state index is 0.318. The van der Waals surface area contributed by atoms with Gasteiger partial charge in [0.25, 0.3) is 0 Å². The highest BCUT2D eigenvalue weighted by molar-refractivity contribution is 7.99. The third kappa shape index (κ3) is 10.1. The van der Waals surface area contributed by atoms with Crippen LogP contribution >= 0.6 is 11.8 Å². The lowest BCUT2D eigenvalue weighted by Crippen LogP contribution is -1.97. The summed E-state index contributed by atoms with van der Waals surface area (Å²) >= 11 is 1.86. The third-order valence-electron chi connectivity index (χ3n) is 2.22. The molecule has 14 heavy (non-hydrogen) atoms. The van der Waals surface area contributed by atoms with E-state index in [1.807, 2.05) is 11.8 Å². The maximum atomic E-state index is 8.60. The molecule has 0 aliphatic rings. The largest absolute Gasteiger partial charge is 0.396 e. The van der Waals surface area contributed by atoms with Crippen molar-refractivity contribution in [2.24, 2.45) is 5.92 Å². The average Bonchev–Trinajstić information content (AvgIpc) is 2.19. The van der Waals surface area contributed by atoms with E-state index in [-0.39, 0.29) is 0 Å². The van der Waals surface area contributed by atoms with E-state index in [0.29, 0.717) is 6.61 Å². The molecule has 0 aliphatic carbocycles. The number of hydrogen-bond donors (Lipinski definition) is 1. The molecule has 1 atom stereocenters. The second-order valence-corrected chi connectivity index (χ2v) is 4.91. The standard InChI is InChI=1S/C12H24OS/c1-3-4-5-6-7-12(2)8-10-14-11-9-13/h4-5,12-13H,3,6-11H2,1-2H3. The summed E-state index contributed by atoms with van der Waals surface area (Å²) < 4.78 is 0. The molecular weight excluding hydrogens is 192 g/mol. The van der Waals surface area contributed by atoms with E-state index in [2.05, 4.69) is 26.0 Å². The summed E-state index contributed by atoms with van der Waals surface area (Å²) in [6.45, 7) is 4.81. The number of aliphatic hydroxyl groups is 1. The van der Waals surface area contributed by atoms with Crippen LogP contribution in [0.1, 0.15) is 39.5 Å². The molecule has 0 heterocycles. The van der Waals surface area contributed by atoms with Crippen LogP contribution < -0.4 is 0 Å². The van der Waals surface area contributed by atoms with Crippen LogP contribution in [0, 0.1) is 5.92 Å². The number of thioether (sulfide) groups is 1. The van der Waals surface area contributed by atoms with Crippen molar-refractivity contribution in [3.8, 4) is 0 Å². The van der Waals surface area contributed by atoms with Gasteiger partial charge < -0.3 is 5.11 Å². The molecule has 2 heteroatoms. The van der Waals surface area contributed by atoms with Crippen molar-refractivity contribution in [2.75, 3.05) is 18.1 Å². The minimum Gasteiger partial charge on any atom is -0.396 e. The highest BCUT2D eigenvalue weighted by Gasteiger charge is 2.00. The highest BCUT2D eigenvalue weighted by atomic mass is 32.2. The third-order valence-corrected chi connectivity index (χ3v) is 3.21. The van der Waals surface area contributed by atoms with Gasteiger partial charge in [-0.3, -0.25) is 0 Å². The van der Waals surface area contributed by atoms with Gasteiger partial charge in [-0.25, -0.2) is 0 Å². The van der Waals surface area contributed by atoms with Gasteiger partial charge in [0.1, 0.15) is 0 Å². The van der Waals surface area contributed by atoms with Crippen molar-refractivity contribution in [2.45, 2.75) is 39.5 Å². The zero-order chi connectivity index (χ0) is 10.6. The van der Waals surface area contributed by atoms with E-state index in [9.17, 15) is 0 Å². The Labute approximate surface area is 93.0 Å². The molecule has 0 radical (unpaired) electrons. The second-order valence-electron chi connectivity index (χ2n) is 3.69. The maximum Gasteiger partial charge on any atom is 0.0521 e. The fourth-order valence-corrected chi connectivity index (χ4v) is 2.16. The van der Waals surface area contributed by atoms with Gasteiger partial charge >= 0.3 is 0 Å².